The van der Waals surface area contributed by atoms with Gasteiger partial charge in [0, 0.05) is 5.92 Å². The van der Waals surface area contributed by atoms with Crippen LogP contribution < -0.4 is 0 Å². The zero-order valence-electron chi connectivity index (χ0n) is 9.89. The van der Waals surface area contributed by atoms with Gasteiger partial charge in [0.1, 0.15) is 0 Å². The van der Waals surface area contributed by atoms with Gasteiger partial charge in [-0.2, -0.15) is 30.3 Å². The largest absolute Gasteiger partial charge is 2.00 e. The summed E-state index contributed by atoms with van der Waals surface area (Å²) in [6, 6.07) is 17.0. The summed E-state index contributed by atoms with van der Waals surface area (Å²) in [5, 5.41) is 8.40. The zero-order valence-corrected chi connectivity index (χ0v) is 11.0. The molecule has 0 bridgehead atoms. The van der Waals surface area contributed by atoms with Gasteiger partial charge in [-0.1, -0.05) is 6.92 Å². The molecule has 4 heteroatoms. The third-order valence-electron chi connectivity index (χ3n) is 2.35. The minimum atomic E-state index is -1.37. The number of carboxylic acid groups (broad SMARTS) is 1. The first-order valence-corrected chi connectivity index (χ1v) is 5.28. The van der Waals surface area contributed by atoms with Crippen LogP contribution in [0.2, 0.25) is 0 Å². The molecule has 0 spiro atoms. The van der Waals surface area contributed by atoms with E-state index in [2.05, 4.69) is 0 Å². The standard InChI is InChI=1S/C9H9O3.C5H5.Fe/c1-6(8(10)9(11)12)7-4-2-3-5-7;1-2-4-5-3-1;/h2-6H,1H3,(H,11,12);1-5H;/q2*-1;+2. The van der Waals surface area contributed by atoms with Crippen LogP contribution >= 0.6 is 0 Å². The molecule has 0 aliphatic rings. The monoisotopic (exact) mass is 286 g/mol. The molecule has 1 N–H and O–H groups in total. The predicted molar refractivity (Wildman–Crippen MR) is 65.1 cm³/mol. The van der Waals surface area contributed by atoms with E-state index in [0.717, 1.165) is 5.56 Å². The van der Waals surface area contributed by atoms with E-state index < -0.39 is 17.7 Å². The average Bonchev–Trinajstić information content (AvgIpc) is 3.01. The Morgan fingerprint density at radius 1 is 1.11 bits per heavy atom. The number of rotatable bonds is 3. The molecule has 0 aromatic heterocycles. The molecule has 2 aromatic rings. The van der Waals surface area contributed by atoms with Crippen LogP contribution in [-0.4, -0.2) is 16.9 Å². The van der Waals surface area contributed by atoms with Gasteiger partial charge in [0.25, 0.3) is 0 Å². The van der Waals surface area contributed by atoms with E-state index in [9.17, 15) is 9.59 Å². The minimum absolute atomic E-state index is 0. The molecule has 0 heterocycles. The summed E-state index contributed by atoms with van der Waals surface area (Å²) in [5.41, 5.74) is 0.752. The van der Waals surface area contributed by atoms with E-state index >= 15 is 0 Å². The van der Waals surface area contributed by atoms with Crippen molar-refractivity contribution in [2.75, 3.05) is 0 Å². The quantitative estimate of drug-likeness (QED) is 0.536. The van der Waals surface area contributed by atoms with E-state index in [1.807, 2.05) is 30.3 Å². The number of Topliss-reactive ketones (excluding diaryl/α,β-unsaturated/α-hetero) is 1. The third kappa shape index (κ3) is 5.13. The van der Waals surface area contributed by atoms with E-state index in [1.54, 1.807) is 31.2 Å². The van der Waals surface area contributed by atoms with Crippen LogP contribution in [0.1, 0.15) is 18.4 Å². The molecule has 0 amide bonds. The second-order valence-electron chi connectivity index (χ2n) is 3.57. The molecule has 0 aliphatic carbocycles. The van der Waals surface area contributed by atoms with Crippen molar-refractivity contribution >= 4 is 11.8 Å². The van der Waals surface area contributed by atoms with Gasteiger partial charge in [-0.05, 0) is 0 Å². The van der Waals surface area contributed by atoms with Crippen molar-refractivity contribution in [2.45, 2.75) is 12.8 Å². The van der Waals surface area contributed by atoms with E-state index in [4.69, 9.17) is 5.11 Å². The number of ketones is 1. The second-order valence-corrected chi connectivity index (χ2v) is 3.57. The van der Waals surface area contributed by atoms with Crippen LogP contribution in [0.5, 0.6) is 0 Å². The van der Waals surface area contributed by atoms with Crippen molar-refractivity contribution in [3.05, 3.63) is 60.2 Å². The van der Waals surface area contributed by atoms with Crippen LogP contribution in [-0.2, 0) is 26.7 Å². The maximum absolute atomic E-state index is 10.9. The van der Waals surface area contributed by atoms with Gasteiger partial charge in [-0.15, -0.1) is 5.56 Å². The molecule has 0 saturated heterocycles. The Balaban J connectivity index is 0.000000405. The summed E-state index contributed by atoms with van der Waals surface area (Å²) < 4.78 is 0. The fourth-order valence-electron chi connectivity index (χ4n) is 1.33. The van der Waals surface area contributed by atoms with Crippen LogP contribution in [0.25, 0.3) is 0 Å². The maximum atomic E-state index is 10.9. The van der Waals surface area contributed by atoms with Crippen molar-refractivity contribution in [1.29, 1.82) is 0 Å². The first-order valence-electron chi connectivity index (χ1n) is 5.28. The predicted octanol–water partition coefficient (Wildman–Crippen LogP) is 2.57. The Kier molecular flexibility index (Phi) is 7.68. The summed E-state index contributed by atoms with van der Waals surface area (Å²) in [4.78, 5) is 21.2. The Bertz CT molecular complexity index is 426. The van der Waals surface area contributed by atoms with Gasteiger partial charge in [0.2, 0.25) is 5.78 Å². The van der Waals surface area contributed by atoms with Gasteiger partial charge in [-0.25, -0.2) is 29.1 Å². The van der Waals surface area contributed by atoms with Crippen LogP contribution in [0.3, 0.4) is 0 Å². The number of aliphatic carboxylic acids is 1. The summed E-state index contributed by atoms with van der Waals surface area (Å²) in [7, 11) is 0. The van der Waals surface area contributed by atoms with Crippen molar-refractivity contribution in [3.63, 3.8) is 0 Å². The summed E-state index contributed by atoms with van der Waals surface area (Å²) in [6.07, 6.45) is 0. The minimum Gasteiger partial charge on any atom is -0.476 e. The molecule has 0 radical (unpaired) electrons. The molecular weight excluding hydrogens is 272 g/mol. The number of carboxylic acids is 1. The maximum Gasteiger partial charge on any atom is 2.00 e. The Morgan fingerprint density at radius 3 is 1.94 bits per heavy atom. The average molecular weight is 286 g/mol. The van der Waals surface area contributed by atoms with Gasteiger partial charge < -0.3 is 5.11 Å². The topological polar surface area (TPSA) is 54.4 Å². The molecule has 1 unspecified atom stereocenters. The van der Waals surface area contributed by atoms with Gasteiger partial charge >= 0.3 is 23.0 Å². The Hall–Kier alpha value is -1.64. The first-order chi connectivity index (χ1) is 8.13. The molecule has 2 aromatic carbocycles. The zero-order chi connectivity index (χ0) is 12.7. The van der Waals surface area contributed by atoms with E-state index in [-0.39, 0.29) is 17.1 Å². The Labute approximate surface area is 117 Å². The van der Waals surface area contributed by atoms with E-state index in [0.29, 0.717) is 0 Å². The number of carbonyl (C=O) groups excluding carboxylic acids is 1. The summed E-state index contributed by atoms with van der Waals surface area (Å²) in [5.74, 6) is -2.68. The molecule has 0 saturated carbocycles. The number of hydrogen-bond donors (Lipinski definition) is 1. The van der Waals surface area contributed by atoms with Crippen LogP contribution in [0.4, 0.5) is 0 Å². The van der Waals surface area contributed by atoms with Crippen LogP contribution in [0, 0.1) is 0 Å². The van der Waals surface area contributed by atoms with Crippen molar-refractivity contribution in [3.8, 4) is 0 Å². The third-order valence-corrected chi connectivity index (χ3v) is 2.35. The van der Waals surface area contributed by atoms with Crippen molar-refractivity contribution in [1.82, 2.24) is 0 Å². The normalized spacial score (nSPS) is 10.5. The molecule has 3 nitrogen and oxygen atoms in total. The van der Waals surface area contributed by atoms with E-state index in [1.165, 1.54) is 0 Å². The Morgan fingerprint density at radius 2 is 1.61 bits per heavy atom. The molecule has 0 fully saturated rings. The molecule has 96 valence electrons. The molecule has 2 rings (SSSR count). The van der Waals surface area contributed by atoms with Gasteiger partial charge in [-0.3, -0.25) is 4.79 Å². The van der Waals surface area contributed by atoms with Crippen molar-refractivity contribution < 1.29 is 31.8 Å². The smallest absolute Gasteiger partial charge is 0.476 e. The van der Waals surface area contributed by atoms with Gasteiger partial charge in [0.05, 0.1) is 0 Å². The summed E-state index contributed by atoms with van der Waals surface area (Å²) in [6.45, 7) is 1.59. The second kappa shape index (κ2) is 8.45. The van der Waals surface area contributed by atoms with Crippen LogP contribution in [0.15, 0.2) is 54.6 Å². The first kappa shape index (κ1) is 16.4. The fourth-order valence-corrected chi connectivity index (χ4v) is 1.33. The molecular formula is C14H14FeO3. The molecule has 1 atom stereocenters. The molecule has 0 aliphatic heterocycles. The molecule has 18 heavy (non-hydrogen) atoms. The van der Waals surface area contributed by atoms with Gasteiger partial charge in [0.15, 0.2) is 0 Å². The van der Waals surface area contributed by atoms with Crippen molar-refractivity contribution in [2.24, 2.45) is 0 Å². The number of carbonyl (C=O) groups is 2. The SMILES string of the molecule is CC(C(=O)C(=O)O)[c-]1cccc1.[Fe+2].c1cc[cH-]c1. The number of hydrogen-bond acceptors (Lipinski definition) is 2. The summed E-state index contributed by atoms with van der Waals surface area (Å²) >= 11 is 0. The fraction of sp³-hybridized carbons (Fsp3) is 0.143.